The summed E-state index contributed by atoms with van der Waals surface area (Å²) in [5, 5.41) is 0.544. The van der Waals surface area contributed by atoms with Gasteiger partial charge in [0.25, 0.3) is 0 Å². The molecule has 0 radical (unpaired) electrons. The molecule has 0 unspecified atom stereocenters. The number of aryl methyl sites for hydroxylation is 2. The molecule has 0 spiro atoms. The zero-order valence-electron chi connectivity index (χ0n) is 20.6. The lowest BCUT2D eigenvalue weighted by atomic mass is 9.87. The molecule has 1 aromatic carbocycles. The van der Waals surface area contributed by atoms with E-state index in [2.05, 4.69) is 37.7 Å². The predicted molar refractivity (Wildman–Crippen MR) is 136 cm³/mol. The molecule has 0 saturated carbocycles. The van der Waals surface area contributed by atoms with E-state index >= 15 is 0 Å². The van der Waals surface area contributed by atoms with Crippen LogP contribution in [-0.2, 0) is 25.7 Å². The lowest BCUT2D eigenvalue weighted by Crippen LogP contribution is -2.32. The molecule has 182 valence electrons. The average Bonchev–Trinajstić information content (AvgIpc) is 2.73. The molecule has 2 atom stereocenters. The van der Waals surface area contributed by atoms with Crippen LogP contribution in [-0.4, -0.2) is 50.1 Å². The zero-order chi connectivity index (χ0) is 24.4. The van der Waals surface area contributed by atoms with Crippen LogP contribution < -0.4 is 4.74 Å². The summed E-state index contributed by atoms with van der Waals surface area (Å²) in [6, 6.07) is 9.80. The van der Waals surface area contributed by atoms with Gasteiger partial charge in [-0.2, -0.15) is 0 Å². The molecule has 33 heavy (non-hydrogen) atoms. The van der Waals surface area contributed by atoms with Gasteiger partial charge in [-0.15, -0.1) is 0 Å². The molecule has 8 heteroatoms. The van der Waals surface area contributed by atoms with Crippen LogP contribution in [0.4, 0.5) is 0 Å². The second-order valence-electron chi connectivity index (χ2n) is 9.08. The zero-order valence-corrected chi connectivity index (χ0v) is 22.2. The van der Waals surface area contributed by atoms with Crippen LogP contribution in [0, 0.1) is 13.8 Å². The van der Waals surface area contributed by atoms with Crippen molar-refractivity contribution >= 4 is 28.5 Å². The van der Waals surface area contributed by atoms with Crippen molar-refractivity contribution in [1.82, 2.24) is 9.97 Å². The molecule has 2 aromatic rings. The Hall–Kier alpha value is -1.93. The van der Waals surface area contributed by atoms with E-state index in [-0.39, 0.29) is 23.5 Å². The molecular formula is C25H36N2O4S2. The number of esters is 1. The van der Waals surface area contributed by atoms with E-state index in [1.54, 1.807) is 0 Å². The summed E-state index contributed by atoms with van der Waals surface area (Å²) >= 11 is 1.24. The first-order valence-electron chi connectivity index (χ1n) is 11.3. The van der Waals surface area contributed by atoms with Gasteiger partial charge in [0, 0.05) is 27.9 Å². The quantitative estimate of drug-likeness (QED) is 0.234. The minimum absolute atomic E-state index is 0.0595. The van der Waals surface area contributed by atoms with Crippen molar-refractivity contribution in [3.05, 3.63) is 47.3 Å². The van der Waals surface area contributed by atoms with Crippen LogP contribution in [0.15, 0.2) is 35.5 Å². The van der Waals surface area contributed by atoms with E-state index in [0.29, 0.717) is 16.7 Å². The highest BCUT2D eigenvalue weighted by molar-refractivity contribution is 7.99. The minimum atomic E-state index is -1.07. The molecule has 1 heterocycles. The van der Waals surface area contributed by atoms with Crippen LogP contribution in [0.2, 0.25) is 0 Å². The van der Waals surface area contributed by atoms with Gasteiger partial charge in [0.1, 0.15) is 18.5 Å². The van der Waals surface area contributed by atoms with Gasteiger partial charge in [-0.25, -0.2) is 9.97 Å². The Morgan fingerprint density at radius 2 is 1.76 bits per heavy atom. The third-order valence-corrected chi connectivity index (χ3v) is 7.14. The number of hydrogen-bond acceptors (Lipinski definition) is 7. The Balaban J connectivity index is 1.97. The standard InChI is InChI=1S/C25H36N2O4S2/c1-7-8-13-33(29)17-22(15-30-21-11-9-20(10-12-21)25(4,5)6)31-23(28)16-32-24-26-18(2)14-19(3)27-24/h9-12,14,22H,7-8,13,15-17H2,1-6H3/t22-,33-/m1/s1. The van der Waals surface area contributed by atoms with Gasteiger partial charge in [-0.1, -0.05) is 58.0 Å². The van der Waals surface area contributed by atoms with Crippen molar-refractivity contribution in [2.45, 2.75) is 71.1 Å². The number of aromatic nitrogens is 2. The number of ether oxygens (including phenoxy) is 2. The first-order valence-corrected chi connectivity index (χ1v) is 13.8. The average molecular weight is 493 g/mol. The maximum atomic E-state index is 12.5. The van der Waals surface area contributed by atoms with E-state index < -0.39 is 22.9 Å². The van der Waals surface area contributed by atoms with Crippen LogP contribution >= 0.6 is 11.8 Å². The molecule has 0 aliphatic rings. The van der Waals surface area contributed by atoms with Crippen LogP contribution in [0.25, 0.3) is 0 Å². The molecule has 0 aliphatic heterocycles. The summed E-state index contributed by atoms with van der Waals surface area (Å²) in [5.74, 6) is 1.24. The topological polar surface area (TPSA) is 78.4 Å². The van der Waals surface area contributed by atoms with E-state index in [9.17, 15) is 9.00 Å². The highest BCUT2D eigenvalue weighted by Gasteiger charge is 2.20. The van der Waals surface area contributed by atoms with Gasteiger partial charge in [0.05, 0.1) is 11.5 Å². The molecule has 0 bridgehead atoms. The monoisotopic (exact) mass is 492 g/mol. The van der Waals surface area contributed by atoms with Crippen molar-refractivity contribution in [3.8, 4) is 5.75 Å². The van der Waals surface area contributed by atoms with Crippen molar-refractivity contribution in [2.75, 3.05) is 23.9 Å². The number of carbonyl (C=O) groups excluding carboxylic acids is 1. The summed E-state index contributed by atoms with van der Waals surface area (Å²) in [7, 11) is -1.07. The first-order chi connectivity index (χ1) is 15.6. The Morgan fingerprint density at radius 3 is 2.33 bits per heavy atom. The van der Waals surface area contributed by atoms with Gasteiger partial charge >= 0.3 is 5.97 Å². The third kappa shape index (κ3) is 10.3. The Morgan fingerprint density at radius 1 is 1.12 bits per heavy atom. The fourth-order valence-electron chi connectivity index (χ4n) is 3.05. The number of nitrogens with zero attached hydrogens (tertiary/aromatic N) is 2. The second kappa shape index (κ2) is 13.1. The van der Waals surface area contributed by atoms with Crippen molar-refractivity contribution < 1.29 is 18.5 Å². The molecule has 0 aliphatic carbocycles. The van der Waals surface area contributed by atoms with Gasteiger partial charge in [-0.3, -0.25) is 9.00 Å². The highest BCUT2D eigenvalue weighted by Crippen LogP contribution is 2.24. The smallest absolute Gasteiger partial charge is 0.316 e. The third-order valence-electron chi connectivity index (χ3n) is 4.83. The first kappa shape index (κ1) is 27.3. The molecule has 0 amide bonds. The maximum absolute atomic E-state index is 12.5. The molecule has 1 aromatic heterocycles. The van der Waals surface area contributed by atoms with E-state index in [1.165, 1.54) is 17.3 Å². The minimum Gasteiger partial charge on any atom is -0.490 e. The molecule has 0 fully saturated rings. The fourth-order valence-corrected chi connectivity index (χ4v) is 5.14. The van der Waals surface area contributed by atoms with Gasteiger partial charge in [0.2, 0.25) is 0 Å². The number of rotatable bonds is 12. The lowest BCUT2D eigenvalue weighted by molar-refractivity contribution is -0.146. The van der Waals surface area contributed by atoms with Crippen molar-refractivity contribution in [2.24, 2.45) is 0 Å². The molecular weight excluding hydrogens is 456 g/mol. The predicted octanol–water partition coefficient (Wildman–Crippen LogP) is 5.02. The van der Waals surface area contributed by atoms with Crippen molar-refractivity contribution in [1.29, 1.82) is 0 Å². The molecule has 0 N–H and O–H groups in total. The molecule has 2 rings (SSSR count). The summed E-state index contributed by atoms with van der Waals surface area (Å²) < 4.78 is 24.0. The lowest BCUT2D eigenvalue weighted by Gasteiger charge is -2.20. The maximum Gasteiger partial charge on any atom is 0.316 e. The van der Waals surface area contributed by atoms with Crippen LogP contribution in [0.5, 0.6) is 5.75 Å². The molecule has 0 saturated heterocycles. The number of carbonyl (C=O) groups is 1. The summed E-state index contributed by atoms with van der Waals surface area (Å²) in [6.07, 6.45) is 1.26. The van der Waals surface area contributed by atoms with Gasteiger partial charge in [-0.05, 0) is 49.4 Å². The van der Waals surface area contributed by atoms with Gasteiger partial charge in [0.15, 0.2) is 5.16 Å². The normalized spacial score (nSPS) is 13.4. The fraction of sp³-hybridized carbons (Fsp3) is 0.560. The van der Waals surface area contributed by atoms with Crippen molar-refractivity contribution in [3.63, 3.8) is 0 Å². The second-order valence-corrected chi connectivity index (χ2v) is 11.6. The highest BCUT2D eigenvalue weighted by atomic mass is 32.2. The SMILES string of the molecule is CCCC[S@@](=O)C[C@@H](COc1ccc(C(C)(C)C)cc1)OC(=O)CSc1nc(C)cc(C)n1. The van der Waals surface area contributed by atoms with E-state index in [4.69, 9.17) is 9.47 Å². The number of benzene rings is 1. The van der Waals surface area contributed by atoms with Crippen LogP contribution in [0.1, 0.15) is 57.5 Å². The van der Waals surface area contributed by atoms with E-state index in [1.807, 2.05) is 44.2 Å². The number of thioether (sulfide) groups is 1. The Labute approximate surface area is 204 Å². The summed E-state index contributed by atoms with van der Waals surface area (Å²) in [5.41, 5.74) is 2.98. The van der Waals surface area contributed by atoms with Crippen LogP contribution in [0.3, 0.4) is 0 Å². The number of unbranched alkanes of at least 4 members (excludes halogenated alkanes) is 1. The van der Waals surface area contributed by atoms with Gasteiger partial charge < -0.3 is 9.47 Å². The van der Waals surface area contributed by atoms with E-state index in [0.717, 1.165) is 24.2 Å². The largest absolute Gasteiger partial charge is 0.490 e. The summed E-state index contributed by atoms with van der Waals surface area (Å²) in [4.78, 5) is 21.2. The Kier molecular flexibility index (Phi) is 10.8. The number of hydrogen-bond donors (Lipinski definition) is 0. The Bertz CT molecular complexity index is 907. The summed E-state index contributed by atoms with van der Waals surface area (Å²) in [6.45, 7) is 12.5. The molecule has 6 nitrogen and oxygen atoms in total.